The van der Waals surface area contributed by atoms with Crippen LogP contribution < -0.4 is 10.2 Å². The van der Waals surface area contributed by atoms with Crippen LogP contribution in [0, 0.1) is 5.92 Å². The number of carbonyl (C=O) groups excluding carboxylic acids is 1. The average molecular weight is 455 g/mol. The maximum Gasteiger partial charge on any atom is 0.225 e. The van der Waals surface area contributed by atoms with Crippen LogP contribution in [-0.2, 0) is 17.6 Å². The van der Waals surface area contributed by atoms with Gasteiger partial charge in [0.05, 0.1) is 12.0 Å². The zero-order valence-corrected chi connectivity index (χ0v) is 19.5. The molecule has 172 valence electrons. The molecule has 1 aromatic heterocycles. The van der Waals surface area contributed by atoms with E-state index in [1.165, 1.54) is 36.8 Å². The molecular formula is C25H34N4O2S. The lowest BCUT2D eigenvalue weighted by Gasteiger charge is -2.30. The first-order valence-electron chi connectivity index (χ1n) is 12.1. The molecular weight excluding hydrogens is 420 g/mol. The Morgan fingerprint density at radius 1 is 1.16 bits per heavy atom. The van der Waals surface area contributed by atoms with Gasteiger partial charge >= 0.3 is 0 Å². The number of aryl methyl sites for hydroxylation is 2. The Labute approximate surface area is 194 Å². The van der Waals surface area contributed by atoms with Gasteiger partial charge in [-0.05, 0) is 74.7 Å². The van der Waals surface area contributed by atoms with E-state index in [2.05, 4.69) is 38.3 Å². The Morgan fingerprint density at radius 2 is 1.97 bits per heavy atom. The minimum Gasteiger partial charge on any atom is -0.386 e. The second-order valence-electron chi connectivity index (χ2n) is 9.55. The van der Waals surface area contributed by atoms with Crippen molar-refractivity contribution in [2.24, 2.45) is 5.92 Å². The topological polar surface area (TPSA) is 68.7 Å². The molecule has 0 spiro atoms. The Balaban J connectivity index is 1.29. The van der Waals surface area contributed by atoms with Crippen molar-refractivity contribution >= 4 is 22.4 Å². The van der Waals surface area contributed by atoms with Crippen LogP contribution in [0.2, 0.25) is 0 Å². The van der Waals surface area contributed by atoms with Crippen molar-refractivity contribution in [3.05, 3.63) is 46.5 Å². The lowest BCUT2D eigenvalue weighted by Crippen LogP contribution is -2.48. The summed E-state index contributed by atoms with van der Waals surface area (Å²) in [6.07, 6.45) is 9.04. The fourth-order valence-electron chi connectivity index (χ4n) is 5.46. The number of aromatic nitrogens is 1. The van der Waals surface area contributed by atoms with Gasteiger partial charge in [-0.25, -0.2) is 4.98 Å². The molecule has 1 aromatic carbocycles. The van der Waals surface area contributed by atoms with E-state index in [1.807, 2.05) is 11.6 Å². The van der Waals surface area contributed by atoms with Gasteiger partial charge in [-0.15, -0.1) is 11.3 Å². The summed E-state index contributed by atoms with van der Waals surface area (Å²) in [5, 5.41) is 17.6. The van der Waals surface area contributed by atoms with E-state index >= 15 is 0 Å². The van der Waals surface area contributed by atoms with Gasteiger partial charge in [0.15, 0.2) is 5.13 Å². The number of nitrogens with one attached hydrogen (secondary N) is 1. The first kappa shape index (κ1) is 21.9. The van der Waals surface area contributed by atoms with E-state index in [4.69, 9.17) is 0 Å². The first-order chi connectivity index (χ1) is 15.7. The van der Waals surface area contributed by atoms with Crippen molar-refractivity contribution in [3.63, 3.8) is 0 Å². The van der Waals surface area contributed by atoms with E-state index in [1.54, 1.807) is 11.3 Å². The Morgan fingerprint density at radius 3 is 2.75 bits per heavy atom. The number of hydrogen-bond acceptors (Lipinski definition) is 6. The van der Waals surface area contributed by atoms with Gasteiger partial charge in [0, 0.05) is 31.2 Å². The monoisotopic (exact) mass is 454 g/mol. The van der Waals surface area contributed by atoms with Crippen molar-refractivity contribution in [2.45, 2.75) is 57.1 Å². The molecule has 3 aliphatic rings. The number of benzene rings is 1. The lowest BCUT2D eigenvalue weighted by molar-refractivity contribution is -0.126. The van der Waals surface area contributed by atoms with E-state index < -0.39 is 6.10 Å². The Kier molecular flexibility index (Phi) is 6.76. The highest BCUT2D eigenvalue weighted by Crippen LogP contribution is 2.28. The molecule has 2 aliphatic heterocycles. The predicted octanol–water partition coefficient (Wildman–Crippen LogP) is 3.16. The number of carbonyl (C=O) groups is 1. The summed E-state index contributed by atoms with van der Waals surface area (Å²) in [5.41, 5.74) is 3.72. The number of aliphatic hydroxyl groups is 1. The molecule has 0 unspecified atom stereocenters. The summed E-state index contributed by atoms with van der Waals surface area (Å²) in [6, 6.07) is 6.14. The second kappa shape index (κ2) is 9.89. The van der Waals surface area contributed by atoms with Gasteiger partial charge < -0.3 is 20.2 Å². The molecule has 2 N–H and O–H groups in total. The fraction of sp³-hybridized carbons (Fsp3) is 0.600. The van der Waals surface area contributed by atoms with Crippen molar-refractivity contribution in [1.29, 1.82) is 0 Å². The zero-order chi connectivity index (χ0) is 21.9. The van der Waals surface area contributed by atoms with Gasteiger partial charge in [0.2, 0.25) is 5.91 Å². The van der Waals surface area contributed by atoms with Crippen LogP contribution in [0.5, 0.6) is 0 Å². The minimum absolute atomic E-state index is 0.0595. The summed E-state index contributed by atoms with van der Waals surface area (Å²) in [7, 11) is 0. The van der Waals surface area contributed by atoms with Crippen molar-refractivity contribution in [2.75, 3.05) is 37.6 Å². The molecule has 2 saturated heterocycles. The fourth-order valence-corrected chi connectivity index (χ4v) is 6.14. The molecule has 2 fully saturated rings. The Hall–Kier alpha value is -1.96. The van der Waals surface area contributed by atoms with Gasteiger partial charge in [-0.3, -0.25) is 4.79 Å². The van der Waals surface area contributed by atoms with Crippen LogP contribution in [0.15, 0.2) is 29.8 Å². The zero-order valence-electron chi connectivity index (χ0n) is 18.7. The normalized spacial score (nSPS) is 23.2. The summed E-state index contributed by atoms with van der Waals surface area (Å²) in [4.78, 5) is 22.2. The van der Waals surface area contributed by atoms with Gasteiger partial charge in [0.1, 0.15) is 6.10 Å². The number of fused-ring (bicyclic) bond motifs is 1. The van der Waals surface area contributed by atoms with Crippen LogP contribution in [-0.4, -0.2) is 59.7 Å². The van der Waals surface area contributed by atoms with Crippen molar-refractivity contribution in [3.8, 4) is 0 Å². The molecule has 3 atom stereocenters. The largest absolute Gasteiger partial charge is 0.386 e. The maximum atomic E-state index is 13.2. The highest BCUT2D eigenvalue weighted by atomic mass is 32.1. The van der Waals surface area contributed by atoms with Crippen LogP contribution in [0.1, 0.15) is 54.9 Å². The molecule has 1 aliphatic carbocycles. The molecule has 3 heterocycles. The van der Waals surface area contributed by atoms with Gasteiger partial charge in [0.25, 0.3) is 0 Å². The molecule has 5 rings (SSSR count). The summed E-state index contributed by atoms with van der Waals surface area (Å²) >= 11 is 1.62. The van der Waals surface area contributed by atoms with Crippen LogP contribution in [0.25, 0.3) is 0 Å². The molecule has 0 radical (unpaired) electrons. The van der Waals surface area contributed by atoms with Crippen LogP contribution in [0.4, 0.5) is 5.13 Å². The van der Waals surface area contributed by atoms with Crippen LogP contribution in [0.3, 0.4) is 0 Å². The molecule has 32 heavy (non-hydrogen) atoms. The number of aliphatic hydroxyl groups excluding tert-OH is 1. The number of likely N-dealkylation sites (tertiary alicyclic amines) is 1. The third-order valence-corrected chi connectivity index (χ3v) is 8.16. The summed E-state index contributed by atoms with van der Waals surface area (Å²) < 4.78 is 0. The first-order valence-corrected chi connectivity index (χ1v) is 13.0. The van der Waals surface area contributed by atoms with Crippen molar-refractivity contribution < 1.29 is 9.90 Å². The standard InChI is InChI=1S/C25H34N4O2S/c30-23(20-8-7-18-5-1-2-6-19(18)15-20)22(17-28-11-3-4-12-28)27-24(31)21-9-13-29(16-21)25-26-10-14-32-25/h7-8,10,14-15,21-23,30H,1-6,9,11-13,16-17H2,(H,27,31)/t21-,22-,23-/m1/s1. The third kappa shape index (κ3) is 4.85. The number of anilines is 1. The Bertz CT molecular complexity index is 913. The molecule has 6 nitrogen and oxygen atoms in total. The lowest BCUT2D eigenvalue weighted by atomic mass is 9.88. The van der Waals surface area contributed by atoms with E-state index in [0.29, 0.717) is 13.1 Å². The number of amides is 1. The molecule has 2 aromatic rings. The highest BCUT2D eigenvalue weighted by Gasteiger charge is 2.33. The number of rotatable bonds is 7. The molecule has 0 bridgehead atoms. The molecule has 0 saturated carbocycles. The number of nitrogens with zero attached hydrogens (tertiary/aromatic N) is 3. The minimum atomic E-state index is -0.691. The smallest absolute Gasteiger partial charge is 0.225 e. The van der Waals surface area contributed by atoms with E-state index in [0.717, 1.165) is 49.6 Å². The van der Waals surface area contributed by atoms with E-state index in [-0.39, 0.29) is 17.9 Å². The van der Waals surface area contributed by atoms with Crippen LogP contribution >= 0.6 is 11.3 Å². The number of hydrogen-bond donors (Lipinski definition) is 2. The quantitative estimate of drug-likeness (QED) is 0.673. The van der Waals surface area contributed by atoms with Gasteiger partial charge in [-0.1, -0.05) is 18.2 Å². The summed E-state index contributed by atoms with van der Waals surface area (Å²) in [6.45, 7) is 4.35. The second-order valence-corrected chi connectivity index (χ2v) is 10.4. The number of thiazole rings is 1. The SMILES string of the molecule is O=C(N[C@H](CN1CCCC1)[C@H](O)c1ccc2c(c1)CCCC2)[C@@H]1CCN(c2nccs2)C1. The highest BCUT2D eigenvalue weighted by molar-refractivity contribution is 7.13. The molecule has 1 amide bonds. The predicted molar refractivity (Wildman–Crippen MR) is 128 cm³/mol. The van der Waals surface area contributed by atoms with E-state index in [9.17, 15) is 9.90 Å². The van der Waals surface area contributed by atoms with Crippen molar-refractivity contribution in [1.82, 2.24) is 15.2 Å². The average Bonchev–Trinajstić information content (AvgIpc) is 3.60. The molecule has 7 heteroatoms. The maximum absolute atomic E-state index is 13.2. The summed E-state index contributed by atoms with van der Waals surface area (Å²) in [5.74, 6) is 0.000902. The van der Waals surface area contributed by atoms with Gasteiger partial charge in [-0.2, -0.15) is 0 Å². The third-order valence-electron chi connectivity index (χ3n) is 7.33.